The Hall–Kier alpha value is -0.660. The minimum atomic E-state index is 0.146. The van der Waals surface area contributed by atoms with Gasteiger partial charge in [-0.1, -0.05) is 0 Å². The first-order chi connectivity index (χ1) is 8.71. The Kier molecular flexibility index (Phi) is 4.58. The number of tetrazole rings is 1. The predicted octanol–water partition coefficient (Wildman–Crippen LogP) is 0.866. The Balaban J connectivity index is 1.94. The third kappa shape index (κ3) is 3.21. The molecular formula is C11H21N5OS. The highest BCUT2D eigenvalue weighted by Gasteiger charge is 2.43. The Morgan fingerprint density at radius 1 is 1.56 bits per heavy atom. The normalized spacial score (nSPS) is 18.8. The number of aromatic nitrogens is 4. The van der Waals surface area contributed by atoms with E-state index in [0.29, 0.717) is 11.4 Å². The second kappa shape index (κ2) is 5.99. The van der Waals surface area contributed by atoms with Gasteiger partial charge in [0.2, 0.25) is 0 Å². The first-order valence-electron chi connectivity index (χ1n) is 6.24. The summed E-state index contributed by atoms with van der Waals surface area (Å²) >= 11 is 1.92. The minimum absolute atomic E-state index is 0.146. The fraction of sp³-hybridized carbons (Fsp3) is 0.909. The summed E-state index contributed by atoms with van der Waals surface area (Å²) in [6.07, 6.45) is 4.69. The molecule has 1 N–H and O–H groups in total. The second-order valence-corrected chi connectivity index (χ2v) is 6.02. The van der Waals surface area contributed by atoms with Crippen LogP contribution in [0.3, 0.4) is 0 Å². The molecule has 102 valence electrons. The van der Waals surface area contributed by atoms with Crippen LogP contribution in [0.5, 0.6) is 0 Å². The first kappa shape index (κ1) is 13.8. The quantitative estimate of drug-likeness (QED) is 0.708. The highest BCUT2D eigenvalue weighted by Crippen LogP contribution is 2.48. The van der Waals surface area contributed by atoms with E-state index in [1.807, 2.05) is 16.4 Å². The fourth-order valence-electron chi connectivity index (χ4n) is 1.94. The van der Waals surface area contributed by atoms with Gasteiger partial charge in [-0.05, 0) is 36.4 Å². The summed E-state index contributed by atoms with van der Waals surface area (Å²) in [6, 6.07) is 0.146. The van der Waals surface area contributed by atoms with Crippen LogP contribution in [0, 0.1) is 0 Å². The van der Waals surface area contributed by atoms with Crippen LogP contribution in [0.15, 0.2) is 0 Å². The minimum Gasteiger partial charge on any atom is -0.383 e. The van der Waals surface area contributed by atoms with Gasteiger partial charge >= 0.3 is 0 Å². The molecule has 2 rings (SSSR count). The van der Waals surface area contributed by atoms with Crippen molar-refractivity contribution in [3.63, 3.8) is 0 Å². The summed E-state index contributed by atoms with van der Waals surface area (Å²) in [7, 11) is 1.70. The van der Waals surface area contributed by atoms with E-state index < -0.39 is 0 Å². The molecule has 0 saturated heterocycles. The lowest BCUT2D eigenvalue weighted by Gasteiger charge is -2.16. The SMILES string of the molecule is COCCNC(C)c1nnnn1CC1(SC)CC1. The summed E-state index contributed by atoms with van der Waals surface area (Å²) in [5.41, 5.74) is 0. The zero-order valence-electron chi connectivity index (χ0n) is 11.2. The lowest BCUT2D eigenvalue weighted by atomic mass is 10.3. The molecule has 1 atom stereocenters. The Morgan fingerprint density at radius 3 is 2.94 bits per heavy atom. The van der Waals surface area contributed by atoms with Crippen LogP contribution in [0.4, 0.5) is 0 Å². The summed E-state index contributed by atoms with van der Waals surface area (Å²) in [5, 5.41) is 15.4. The van der Waals surface area contributed by atoms with Crippen LogP contribution < -0.4 is 5.32 Å². The van der Waals surface area contributed by atoms with Crippen molar-refractivity contribution in [2.75, 3.05) is 26.5 Å². The Labute approximate surface area is 112 Å². The zero-order chi connectivity index (χ0) is 13.0. The van der Waals surface area contributed by atoms with Crippen molar-refractivity contribution in [3.8, 4) is 0 Å². The Bertz CT molecular complexity index is 379. The standard InChI is InChI=1S/C11H21N5OS/c1-9(12-6-7-17-2)10-13-14-15-16(10)8-11(18-3)4-5-11/h9,12H,4-8H2,1-3H3. The summed E-state index contributed by atoms with van der Waals surface area (Å²) in [4.78, 5) is 0. The van der Waals surface area contributed by atoms with Gasteiger partial charge in [-0.2, -0.15) is 11.8 Å². The zero-order valence-corrected chi connectivity index (χ0v) is 12.0. The van der Waals surface area contributed by atoms with Gasteiger partial charge in [-0.3, -0.25) is 0 Å². The molecule has 0 bridgehead atoms. The number of hydrogen-bond acceptors (Lipinski definition) is 6. The van der Waals surface area contributed by atoms with Gasteiger partial charge < -0.3 is 10.1 Å². The maximum absolute atomic E-state index is 5.02. The van der Waals surface area contributed by atoms with E-state index in [0.717, 1.165) is 18.9 Å². The van der Waals surface area contributed by atoms with Crippen LogP contribution in [-0.2, 0) is 11.3 Å². The smallest absolute Gasteiger partial charge is 0.167 e. The van der Waals surface area contributed by atoms with Crippen molar-refractivity contribution in [1.82, 2.24) is 25.5 Å². The molecule has 1 aromatic heterocycles. The average molecular weight is 271 g/mol. The van der Waals surface area contributed by atoms with Gasteiger partial charge in [0, 0.05) is 18.4 Å². The molecule has 6 nitrogen and oxygen atoms in total. The molecule has 1 fully saturated rings. The predicted molar refractivity (Wildman–Crippen MR) is 71.6 cm³/mol. The van der Waals surface area contributed by atoms with E-state index in [2.05, 4.69) is 34.0 Å². The van der Waals surface area contributed by atoms with E-state index in [1.54, 1.807) is 7.11 Å². The highest BCUT2D eigenvalue weighted by atomic mass is 32.2. The molecule has 18 heavy (non-hydrogen) atoms. The monoisotopic (exact) mass is 271 g/mol. The molecule has 7 heteroatoms. The third-order valence-corrected chi connectivity index (χ3v) is 4.79. The molecule has 0 spiro atoms. The van der Waals surface area contributed by atoms with E-state index in [1.165, 1.54) is 12.8 Å². The molecule has 1 heterocycles. The van der Waals surface area contributed by atoms with Gasteiger partial charge in [0.15, 0.2) is 5.82 Å². The molecule has 0 aromatic carbocycles. The van der Waals surface area contributed by atoms with Crippen molar-refractivity contribution in [2.45, 2.75) is 37.1 Å². The summed E-state index contributed by atoms with van der Waals surface area (Å²) in [5.74, 6) is 0.909. The van der Waals surface area contributed by atoms with Crippen LogP contribution in [0.2, 0.25) is 0 Å². The molecular weight excluding hydrogens is 250 g/mol. The average Bonchev–Trinajstić information content (AvgIpc) is 2.99. The first-order valence-corrected chi connectivity index (χ1v) is 7.47. The molecule has 0 aliphatic heterocycles. The van der Waals surface area contributed by atoms with Crippen molar-refractivity contribution in [3.05, 3.63) is 5.82 Å². The number of methoxy groups -OCH3 is 1. The maximum Gasteiger partial charge on any atom is 0.167 e. The van der Waals surface area contributed by atoms with Gasteiger partial charge in [-0.15, -0.1) is 5.10 Å². The van der Waals surface area contributed by atoms with Crippen LogP contribution >= 0.6 is 11.8 Å². The number of thioether (sulfide) groups is 1. The molecule has 1 unspecified atom stereocenters. The summed E-state index contributed by atoms with van der Waals surface area (Å²) < 4.78 is 7.33. The van der Waals surface area contributed by atoms with Gasteiger partial charge in [-0.25, -0.2) is 4.68 Å². The summed E-state index contributed by atoms with van der Waals surface area (Å²) in [6.45, 7) is 4.49. The van der Waals surface area contributed by atoms with Crippen molar-refractivity contribution >= 4 is 11.8 Å². The molecule has 1 aliphatic rings. The van der Waals surface area contributed by atoms with Gasteiger partial charge in [0.1, 0.15) is 0 Å². The van der Waals surface area contributed by atoms with Gasteiger partial charge in [0.05, 0.1) is 19.2 Å². The van der Waals surface area contributed by atoms with E-state index in [4.69, 9.17) is 4.74 Å². The molecule has 1 saturated carbocycles. The number of nitrogens with zero attached hydrogens (tertiary/aromatic N) is 4. The largest absolute Gasteiger partial charge is 0.383 e. The molecule has 1 aliphatic carbocycles. The second-order valence-electron chi connectivity index (χ2n) is 4.75. The maximum atomic E-state index is 5.02. The lowest BCUT2D eigenvalue weighted by molar-refractivity contribution is 0.195. The van der Waals surface area contributed by atoms with E-state index >= 15 is 0 Å². The third-order valence-electron chi connectivity index (χ3n) is 3.38. The number of nitrogens with one attached hydrogen (secondary N) is 1. The fourth-order valence-corrected chi connectivity index (χ4v) is 2.70. The lowest BCUT2D eigenvalue weighted by Crippen LogP contribution is -2.27. The topological polar surface area (TPSA) is 64.9 Å². The van der Waals surface area contributed by atoms with Crippen LogP contribution in [-0.4, -0.2) is 51.5 Å². The van der Waals surface area contributed by atoms with Crippen LogP contribution in [0.25, 0.3) is 0 Å². The number of rotatable bonds is 8. The van der Waals surface area contributed by atoms with Crippen molar-refractivity contribution < 1.29 is 4.74 Å². The number of hydrogen-bond donors (Lipinski definition) is 1. The van der Waals surface area contributed by atoms with E-state index in [9.17, 15) is 0 Å². The van der Waals surface area contributed by atoms with Crippen molar-refractivity contribution in [2.24, 2.45) is 0 Å². The van der Waals surface area contributed by atoms with Crippen LogP contribution in [0.1, 0.15) is 31.6 Å². The van der Waals surface area contributed by atoms with Gasteiger partial charge in [0.25, 0.3) is 0 Å². The molecule has 0 amide bonds. The number of ether oxygens (including phenoxy) is 1. The molecule has 1 aromatic rings. The molecule has 0 radical (unpaired) electrons. The highest BCUT2D eigenvalue weighted by molar-refractivity contribution is 8.00. The van der Waals surface area contributed by atoms with Crippen molar-refractivity contribution in [1.29, 1.82) is 0 Å². The van der Waals surface area contributed by atoms with E-state index in [-0.39, 0.29) is 6.04 Å². The Morgan fingerprint density at radius 2 is 2.33 bits per heavy atom.